The van der Waals surface area contributed by atoms with E-state index in [4.69, 9.17) is 16.3 Å². The highest BCUT2D eigenvalue weighted by Gasteiger charge is 2.31. The van der Waals surface area contributed by atoms with Crippen molar-refractivity contribution >= 4 is 50.7 Å². The molecule has 2 aromatic heterocycles. The van der Waals surface area contributed by atoms with Gasteiger partial charge >= 0.3 is 0 Å². The average molecular weight is 522 g/mol. The van der Waals surface area contributed by atoms with Crippen molar-refractivity contribution in [1.82, 2.24) is 9.97 Å². The number of carbonyl (C=O) groups excluding carboxylic acids is 2. The molecular weight excluding hydrogens is 494 g/mol. The Morgan fingerprint density at radius 1 is 1.14 bits per heavy atom. The summed E-state index contributed by atoms with van der Waals surface area (Å²) < 4.78 is 5.63. The van der Waals surface area contributed by atoms with Crippen molar-refractivity contribution in [2.45, 2.75) is 51.5 Å². The van der Waals surface area contributed by atoms with Gasteiger partial charge in [-0.2, -0.15) is 0 Å². The Kier molecular flexibility index (Phi) is 7.12. The molecule has 0 aliphatic heterocycles. The lowest BCUT2D eigenvalue weighted by Crippen LogP contribution is -2.42. The molecule has 1 saturated carbocycles. The van der Waals surface area contributed by atoms with E-state index < -0.39 is 0 Å². The van der Waals surface area contributed by atoms with Crippen molar-refractivity contribution in [2.75, 3.05) is 12.0 Å². The van der Waals surface area contributed by atoms with Crippen LogP contribution >= 0.6 is 22.9 Å². The van der Waals surface area contributed by atoms with Crippen molar-refractivity contribution in [3.05, 3.63) is 75.4 Å². The van der Waals surface area contributed by atoms with E-state index in [-0.39, 0.29) is 24.2 Å². The van der Waals surface area contributed by atoms with E-state index in [2.05, 4.69) is 9.97 Å². The number of rotatable bonds is 7. The predicted molar refractivity (Wildman–Crippen MR) is 145 cm³/mol. The molecule has 2 heterocycles. The van der Waals surface area contributed by atoms with Gasteiger partial charge in [-0.1, -0.05) is 30.9 Å². The van der Waals surface area contributed by atoms with Crippen LogP contribution in [0.5, 0.6) is 5.75 Å². The third kappa shape index (κ3) is 4.65. The van der Waals surface area contributed by atoms with Gasteiger partial charge in [0, 0.05) is 44.8 Å². The molecule has 5 rings (SSSR count). The van der Waals surface area contributed by atoms with E-state index in [0.29, 0.717) is 21.9 Å². The number of benzene rings is 2. The largest absolute Gasteiger partial charge is 0.496 e. The number of aromatic nitrogens is 2. The van der Waals surface area contributed by atoms with E-state index in [1.807, 2.05) is 23.3 Å². The third-order valence-corrected chi connectivity index (χ3v) is 7.98. The van der Waals surface area contributed by atoms with Gasteiger partial charge in [0.15, 0.2) is 10.9 Å². The Morgan fingerprint density at radius 2 is 1.89 bits per heavy atom. The number of hydrogen-bond donors (Lipinski definition) is 1. The molecule has 186 valence electrons. The number of amides is 1. The molecule has 0 atom stereocenters. The molecule has 36 heavy (non-hydrogen) atoms. The number of nitrogens with zero attached hydrogens (tertiary/aromatic N) is 2. The van der Waals surface area contributed by atoms with E-state index >= 15 is 0 Å². The number of thiazole rings is 1. The summed E-state index contributed by atoms with van der Waals surface area (Å²) in [5.41, 5.74) is 3.42. The number of carbonyl (C=O) groups is 2. The van der Waals surface area contributed by atoms with Gasteiger partial charge in [-0.05, 0) is 61.7 Å². The Labute approximate surface area is 219 Å². The number of aryl methyl sites for hydroxylation is 1. The number of aromatic amines is 1. The fraction of sp³-hybridized carbons (Fsp3) is 0.321. The predicted octanol–water partition coefficient (Wildman–Crippen LogP) is 6.73. The number of ketones is 1. The fourth-order valence-corrected chi connectivity index (χ4v) is 6.06. The average Bonchev–Trinajstić information content (AvgIpc) is 3.52. The van der Waals surface area contributed by atoms with Crippen LogP contribution in [0.25, 0.3) is 10.9 Å². The molecule has 0 bridgehead atoms. The van der Waals surface area contributed by atoms with Crippen LogP contribution in [0.1, 0.15) is 59.3 Å². The normalized spacial score (nSPS) is 14.2. The molecule has 8 heteroatoms. The zero-order chi connectivity index (χ0) is 25.2. The van der Waals surface area contributed by atoms with Crippen LogP contribution in [0, 0.1) is 6.92 Å². The highest BCUT2D eigenvalue weighted by atomic mass is 35.5. The van der Waals surface area contributed by atoms with E-state index in [1.165, 1.54) is 17.8 Å². The van der Waals surface area contributed by atoms with Gasteiger partial charge in [0.25, 0.3) is 0 Å². The number of fused-ring (bicyclic) bond motifs is 1. The van der Waals surface area contributed by atoms with Crippen LogP contribution in [-0.4, -0.2) is 34.8 Å². The minimum atomic E-state index is -0.175. The van der Waals surface area contributed by atoms with Gasteiger partial charge in [-0.15, -0.1) is 11.3 Å². The van der Waals surface area contributed by atoms with Gasteiger partial charge in [0.05, 0.1) is 19.1 Å². The van der Waals surface area contributed by atoms with Crippen LogP contribution in [0.3, 0.4) is 0 Å². The highest BCUT2D eigenvalue weighted by Crippen LogP contribution is 2.36. The second kappa shape index (κ2) is 10.4. The molecule has 1 aliphatic rings. The van der Waals surface area contributed by atoms with Crippen LogP contribution in [0.2, 0.25) is 5.02 Å². The maximum atomic E-state index is 13.9. The first-order valence-corrected chi connectivity index (χ1v) is 13.4. The molecule has 1 amide bonds. The SMILES string of the molecule is COc1ccc2[nH]c(C)c(CC(=O)N(c3nccs3)C3CCCCC3)c2c1C(=O)c1ccc(Cl)cc1. The first kappa shape index (κ1) is 24.5. The van der Waals surface area contributed by atoms with Gasteiger partial charge in [0.1, 0.15) is 5.75 Å². The van der Waals surface area contributed by atoms with Crippen molar-refractivity contribution in [3.63, 3.8) is 0 Å². The Morgan fingerprint density at radius 3 is 2.56 bits per heavy atom. The van der Waals surface area contributed by atoms with Gasteiger partial charge in [-0.25, -0.2) is 4.98 Å². The summed E-state index contributed by atoms with van der Waals surface area (Å²) >= 11 is 7.54. The summed E-state index contributed by atoms with van der Waals surface area (Å²) in [5, 5.41) is 3.93. The van der Waals surface area contributed by atoms with Crippen LogP contribution in [0.15, 0.2) is 48.0 Å². The summed E-state index contributed by atoms with van der Waals surface area (Å²) in [6, 6.07) is 10.6. The maximum Gasteiger partial charge on any atom is 0.233 e. The molecule has 4 aromatic rings. The van der Waals surface area contributed by atoms with Crippen molar-refractivity contribution < 1.29 is 14.3 Å². The molecule has 2 aromatic carbocycles. The van der Waals surface area contributed by atoms with Gasteiger partial charge in [0.2, 0.25) is 5.91 Å². The number of halogens is 1. The standard InChI is InChI=1S/C28H28ClN3O3S/c1-17-21(16-24(33)32(28-30-14-15-36-28)20-6-4-3-5-7-20)25-22(31-17)12-13-23(35-2)26(25)27(34)18-8-10-19(29)11-9-18/h8-15,20,31H,3-7,16H2,1-2H3. The fourth-order valence-electron chi connectivity index (χ4n) is 5.21. The van der Waals surface area contributed by atoms with Crippen LogP contribution in [-0.2, 0) is 11.2 Å². The number of hydrogen-bond acceptors (Lipinski definition) is 5. The first-order valence-electron chi connectivity index (χ1n) is 12.2. The quantitative estimate of drug-likeness (QED) is 0.273. The number of anilines is 1. The maximum absolute atomic E-state index is 13.9. The lowest BCUT2D eigenvalue weighted by molar-refractivity contribution is -0.118. The number of ether oxygens (including phenoxy) is 1. The summed E-state index contributed by atoms with van der Waals surface area (Å²) in [6.45, 7) is 1.94. The van der Waals surface area contributed by atoms with Gasteiger partial charge in [-0.3, -0.25) is 14.5 Å². The molecule has 6 nitrogen and oxygen atoms in total. The van der Waals surface area contributed by atoms with Crippen LogP contribution < -0.4 is 9.64 Å². The molecule has 1 aliphatic carbocycles. The van der Waals surface area contributed by atoms with E-state index in [9.17, 15) is 9.59 Å². The van der Waals surface area contributed by atoms with E-state index in [0.717, 1.165) is 53.0 Å². The van der Waals surface area contributed by atoms with Crippen molar-refractivity contribution in [3.8, 4) is 5.75 Å². The highest BCUT2D eigenvalue weighted by molar-refractivity contribution is 7.13. The smallest absolute Gasteiger partial charge is 0.233 e. The summed E-state index contributed by atoms with van der Waals surface area (Å²) in [7, 11) is 1.55. The molecule has 0 spiro atoms. The Hall–Kier alpha value is -3.16. The van der Waals surface area contributed by atoms with Crippen molar-refractivity contribution in [2.24, 2.45) is 0 Å². The second-order valence-corrected chi connectivity index (χ2v) is 10.5. The summed E-state index contributed by atoms with van der Waals surface area (Å²) in [4.78, 5) is 37.4. The Bertz CT molecular complexity index is 1390. The Balaban J connectivity index is 1.59. The van der Waals surface area contributed by atoms with E-state index in [1.54, 1.807) is 43.6 Å². The lowest BCUT2D eigenvalue weighted by Gasteiger charge is -2.32. The molecule has 0 saturated heterocycles. The number of H-pyrrole nitrogens is 1. The summed E-state index contributed by atoms with van der Waals surface area (Å²) in [5.74, 6) is 0.290. The molecule has 0 radical (unpaired) electrons. The monoisotopic (exact) mass is 521 g/mol. The number of nitrogens with one attached hydrogen (secondary N) is 1. The molecular formula is C28H28ClN3O3S. The van der Waals surface area contributed by atoms with Crippen molar-refractivity contribution in [1.29, 1.82) is 0 Å². The minimum absolute atomic E-state index is 0.00596. The minimum Gasteiger partial charge on any atom is -0.496 e. The van der Waals surface area contributed by atoms with Gasteiger partial charge < -0.3 is 9.72 Å². The second-order valence-electron chi connectivity index (χ2n) is 9.18. The first-order chi connectivity index (χ1) is 17.5. The lowest BCUT2D eigenvalue weighted by atomic mass is 9.93. The zero-order valence-electron chi connectivity index (χ0n) is 20.3. The zero-order valence-corrected chi connectivity index (χ0v) is 21.9. The topological polar surface area (TPSA) is 75.3 Å². The summed E-state index contributed by atoms with van der Waals surface area (Å²) in [6.07, 6.45) is 7.29. The third-order valence-electron chi connectivity index (χ3n) is 6.96. The molecule has 0 unspecified atom stereocenters. The number of methoxy groups -OCH3 is 1. The molecule has 1 N–H and O–H groups in total. The molecule has 1 fully saturated rings. The van der Waals surface area contributed by atoms with Crippen LogP contribution in [0.4, 0.5) is 5.13 Å².